The number of carbonyl (C=O) groups is 1. The fourth-order valence-electron chi connectivity index (χ4n) is 2.91. The van der Waals surface area contributed by atoms with Gasteiger partial charge in [-0.25, -0.2) is 0 Å². The average molecular weight is 400 g/mol. The normalized spacial score (nSPS) is 16.7. The molecule has 0 bridgehead atoms. The monoisotopic (exact) mass is 400 g/mol. The van der Waals surface area contributed by atoms with Gasteiger partial charge >= 0.3 is 6.36 Å². The second-order valence-electron chi connectivity index (χ2n) is 6.00. The second-order valence-corrected chi connectivity index (χ2v) is 7.23. The number of nitrogens with zero attached hydrogens (tertiary/aromatic N) is 1. The van der Waals surface area contributed by atoms with E-state index in [9.17, 15) is 18.0 Å². The van der Waals surface area contributed by atoms with Gasteiger partial charge in [-0.3, -0.25) is 9.69 Å². The molecule has 1 atom stereocenters. The van der Waals surface area contributed by atoms with Crippen molar-refractivity contribution in [2.45, 2.75) is 12.4 Å². The van der Waals surface area contributed by atoms with E-state index in [0.717, 1.165) is 42.3 Å². The molecule has 2 heterocycles. The molecule has 1 aliphatic rings. The lowest BCUT2D eigenvalue weighted by molar-refractivity contribution is -0.274. The molecule has 0 spiro atoms. The van der Waals surface area contributed by atoms with Crippen molar-refractivity contribution in [1.29, 1.82) is 0 Å². The Morgan fingerprint density at radius 1 is 1.22 bits per heavy atom. The summed E-state index contributed by atoms with van der Waals surface area (Å²) in [5.41, 5.74) is 1.25. The summed E-state index contributed by atoms with van der Waals surface area (Å²) >= 11 is 1.90. The summed E-state index contributed by atoms with van der Waals surface area (Å²) in [6.45, 7) is 2.21. The maximum atomic E-state index is 12.4. The lowest BCUT2D eigenvalue weighted by Crippen LogP contribution is -2.41. The highest BCUT2D eigenvalue weighted by Gasteiger charge is 2.31. The molecule has 1 saturated heterocycles. The van der Waals surface area contributed by atoms with Crippen LogP contribution in [0, 0.1) is 0 Å². The Balaban J connectivity index is 1.62. The van der Waals surface area contributed by atoms with Gasteiger partial charge in [-0.1, -0.05) is 0 Å². The fraction of sp³-hybridized carbons (Fsp3) is 0.389. The number of amides is 1. The van der Waals surface area contributed by atoms with Gasteiger partial charge in [0.2, 0.25) is 0 Å². The predicted molar refractivity (Wildman–Crippen MR) is 95.8 cm³/mol. The number of hydrogen-bond acceptors (Lipinski definition) is 5. The van der Waals surface area contributed by atoms with Crippen LogP contribution in [0.1, 0.15) is 22.0 Å². The number of ether oxygens (including phenoxy) is 1. The number of carbonyl (C=O) groups excluding carboxylic acids is 1. The van der Waals surface area contributed by atoms with Crippen LogP contribution in [0.2, 0.25) is 0 Å². The van der Waals surface area contributed by atoms with Gasteiger partial charge in [0.25, 0.3) is 5.91 Å². The van der Waals surface area contributed by atoms with Gasteiger partial charge in [0, 0.05) is 42.3 Å². The van der Waals surface area contributed by atoms with Crippen LogP contribution in [0.15, 0.2) is 47.3 Å². The van der Waals surface area contributed by atoms with Crippen LogP contribution >= 0.6 is 11.8 Å². The molecule has 0 saturated carbocycles. The first-order valence-corrected chi connectivity index (χ1v) is 9.56. The standard InChI is InChI=1S/C18H19F3N2O3S/c19-18(20,21)26-15-3-1-13(2-4-15)17(24)22-11-16(14-5-8-25-12-14)23-6-9-27-10-7-23/h1-5,8,12,16H,6-7,9-11H2,(H,22,24)/t16-/m1/s1. The molecular formula is C18H19F3N2O3S. The van der Waals surface area contributed by atoms with Crippen molar-refractivity contribution in [3.05, 3.63) is 54.0 Å². The Morgan fingerprint density at radius 2 is 1.93 bits per heavy atom. The number of halogens is 3. The zero-order valence-electron chi connectivity index (χ0n) is 14.4. The highest BCUT2D eigenvalue weighted by atomic mass is 32.2. The van der Waals surface area contributed by atoms with Crippen LogP contribution in [0.25, 0.3) is 0 Å². The van der Waals surface area contributed by atoms with Crippen LogP contribution in [0.3, 0.4) is 0 Å². The van der Waals surface area contributed by atoms with Crippen molar-refractivity contribution in [2.75, 3.05) is 31.1 Å². The molecule has 1 N–H and O–H groups in total. The van der Waals surface area contributed by atoms with Gasteiger partial charge in [-0.05, 0) is 30.3 Å². The van der Waals surface area contributed by atoms with Crippen molar-refractivity contribution in [3.8, 4) is 5.75 Å². The molecule has 146 valence electrons. The molecule has 9 heteroatoms. The number of hydrogen-bond donors (Lipinski definition) is 1. The van der Waals surface area contributed by atoms with Crippen LogP contribution in [0.5, 0.6) is 5.75 Å². The Hall–Kier alpha value is -2.13. The molecule has 1 aromatic carbocycles. The van der Waals surface area contributed by atoms with Gasteiger partial charge in [0.1, 0.15) is 5.75 Å². The van der Waals surface area contributed by atoms with E-state index in [1.807, 2.05) is 17.8 Å². The molecule has 5 nitrogen and oxygen atoms in total. The predicted octanol–water partition coefficient (Wildman–Crippen LogP) is 3.70. The Morgan fingerprint density at radius 3 is 2.52 bits per heavy atom. The molecule has 1 amide bonds. The van der Waals surface area contributed by atoms with Gasteiger partial charge in [0.15, 0.2) is 0 Å². The quantitative estimate of drug-likeness (QED) is 0.802. The topological polar surface area (TPSA) is 54.7 Å². The van der Waals surface area contributed by atoms with Crippen LogP contribution < -0.4 is 10.1 Å². The second kappa shape index (κ2) is 8.71. The summed E-state index contributed by atoms with van der Waals surface area (Å²) in [4.78, 5) is 14.7. The first-order chi connectivity index (χ1) is 12.9. The molecular weight excluding hydrogens is 381 g/mol. The summed E-state index contributed by atoms with van der Waals surface area (Å²) in [5, 5.41) is 2.86. The maximum absolute atomic E-state index is 12.4. The van der Waals surface area contributed by atoms with E-state index in [-0.39, 0.29) is 23.3 Å². The zero-order valence-corrected chi connectivity index (χ0v) is 15.2. The third kappa shape index (κ3) is 5.67. The molecule has 0 aliphatic carbocycles. The summed E-state index contributed by atoms with van der Waals surface area (Å²) in [6.07, 6.45) is -1.49. The molecule has 3 rings (SSSR count). The fourth-order valence-corrected chi connectivity index (χ4v) is 3.84. The van der Waals surface area contributed by atoms with E-state index in [2.05, 4.69) is 15.0 Å². The number of nitrogens with one attached hydrogen (secondary N) is 1. The van der Waals surface area contributed by atoms with Gasteiger partial charge in [-0.15, -0.1) is 13.2 Å². The smallest absolute Gasteiger partial charge is 0.472 e. The van der Waals surface area contributed by atoms with Crippen molar-refractivity contribution in [1.82, 2.24) is 10.2 Å². The third-order valence-corrected chi connectivity index (χ3v) is 5.16. The minimum atomic E-state index is -4.76. The van der Waals surface area contributed by atoms with E-state index in [4.69, 9.17) is 4.42 Å². The number of rotatable bonds is 6. The van der Waals surface area contributed by atoms with Crippen molar-refractivity contribution >= 4 is 17.7 Å². The average Bonchev–Trinajstić information content (AvgIpc) is 3.16. The molecule has 0 radical (unpaired) electrons. The Bertz CT molecular complexity index is 729. The first kappa shape index (κ1) is 19.6. The van der Waals surface area contributed by atoms with E-state index < -0.39 is 6.36 Å². The number of furan rings is 1. The number of thioether (sulfide) groups is 1. The highest BCUT2D eigenvalue weighted by Crippen LogP contribution is 2.25. The number of alkyl halides is 3. The van der Waals surface area contributed by atoms with Crippen LogP contribution in [-0.2, 0) is 0 Å². The van der Waals surface area contributed by atoms with Crippen molar-refractivity contribution in [2.24, 2.45) is 0 Å². The molecule has 1 fully saturated rings. The van der Waals surface area contributed by atoms with E-state index >= 15 is 0 Å². The molecule has 0 unspecified atom stereocenters. The largest absolute Gasteiger partial charge is 0.573 e. The lowest BCUT2D eigenvalue weighted by Gasteiger charge is -2.34. The third-order valence-electron chi connectivity index (χ3n) is 4.22. The summed E-state index contributed by atoms with van der Waals surface area (Å²) in [6, 6.07) is 6.72. The van der Waals surface area contributed by atoms with Gasteiger partial charge in [-0.2, -0.15) is 11.8 Å². The minimum absolute atomic E-state index is 0.0126. The molecule has 1 aliphatic heterocycles. The van der Waals surface area contributed by atoms with Crippen LogP contribution in [0.4, 0.5) is 13.2 Å². The zero-order chi connectivity index (χ0) is 19.3. The summed E-state index contributed by atoms with van der Waals surface area (Å²) < 4.78 is 45.6. The van der Waals surface area contributed by atoms with Crippen LogP contribution in [-0.4, -0.2) is 48.3 Å². The van der Waals surface area contributed by atoms with Gasteiger partial charge < -0.3 is 14.5 Å². The highest BCUT2D eigenvalue weighted by molar-refractivity contribution is 7.99. The molecule has 27 heavy (non-hydrogen) atoms. The Kier molecular flexibility index (Phi) is 6.33. The first-order valence-electron chi connectivity index (χ1n) is 8.40. The molecule has 1 aromatic heterocycles. The SMILES string of the molecule is O=C(NC[C@H](c1ccoc1)N1CCSCC1)c1ccc(OC(F)(F)F)cc1. The van der Waals surface area contributed by atoms with Gasteiger partial charge in [0.05, 0.1) is 18.6 Å². The van der Waals surface area contributed by atoms with Crippen molar-refractivity contribution in [3.63, 3.8) is 0 Å². The lowest BCUT2D eigenvalue weighted by atomic mass is 10.1. The van der Waals surface area contributed by atoms with E-state index in [0.29, 0.717) is 6.54 Å². The van der Waals surface area contributed by atoms with E-state index in [1.54, 1.807) is 12.5 Å². The summed E-state index contributed by atoms with van der Waals surface area (Å²) in [5.74, 6) is 1.35. The summed E-state index contributed by atoms with van der Waals surface area (Å²) in [7, 11) is 0. The molecule has 2 aromatic rings. The number of benzene rings is 1. The Labute approximate surface area is 158 Å². The maximum Gasteiger partial charge on any atom is 0.573 e. The van der Waals surface area contributed by atoms with Crippen molar-refractivity contribution < 1.29 is 27.1 Å². The minimum Gasteiger partial charge on any atom is -0.472 e. The van der Waals surface area contributed by atoms with E-state index in [1.165, 1.54) is 12.1 Å².